The summed E-state index contributed by atoms with van der Waals surface area (Å²) in [6.07, 6.45) is 1.44. The number of benzene rings is 1. The maximum absolute atomic E-state index is 6.04. The first kappa shape index (κ1) is 13.2. The normalized spacial score (nSPS) is 10.4. The Morgan fingerprint density at radius 2 is 2.00 bits per heavy atom. The highest BCUT2D eigenvalue weighted by Crippen LogP contribution is 2.23. The summed E-state index contributed by atoms with van der Waals surface area (Å²) in [6.45, 7) is 0.441. The molecule has 0 fully saturated rings. The number of nitrogens with zero attached hydrogens (tertiary/aromatic N) is 2. The first-order valence-corrected chi connectivity index (χ1v) is 6.15. The van der Waals surface area contributed by atoms with Gasteiger partial charge in [-0.05, 0) is 35.4 Å². The Morgan fingerprint density at radius 1 is 1.22 bits per heavy atom. The molecule has 0 amide bonds. The number of nitrogens with two attached hydrogens (primary N) is 1. The second-order valence-electron chi connectivity index (χ2n) is 3.53. The highest BCUT2D eigenvalue weighted by molar-refractivity contribution is 6.33. The van der Waals surface area contributed by atoms with Crippen LogP contribution >= 0.6 is 34.8 Å². The maximum atomic E-state index is 6.04. The molecular formula is C11H9Cl3N4. The second kappa shape index (κ2) is 5.61. The van der Waals surface area contributed by atoms with Gasteiger partial charge in [-0.15, -0.1) is 0 Å². The number of halogens is 3. The van der Waals surface area contributed by atoms with Crippen LogP contribution < -0.4 is 11.1 Å². The lowest BCUT2D eigenvalue weighted by atomic mass is 10.2. The Labute approximate surface area is 119 Å². The van der Waals surface area contributed by atoms with Gasteiger partial charge in [0.2, 0.25) is 5.28 Å². The molecule has 0 aliphatic carbocycles. The first-order valence-electron chi connectivity index (χ1n) is 5.02. The minimum Gasteiger partial charge on any atom is -0.394 e. The molecule has 18 heavy (non-hydrogen) atoms. The van der Waals surface area contributed by atoms with Gasteiger partial charge in [-0.1, -0.05) is 23.2 Å². The Bertz CT molecular complexity index is 523. The smallest absolute Gasteiger partial charge is 0.224 e. The van der Waals surface area contributed by atoms with Crippen LogP contribution in [0, 0.1) is 0 Å². The summed E-state index contributed by atoms with van der Waals surface area (Å²) in [4.78, 5) is 7.75. The van der Waals surface area contributed by atoms with Gasteiger partial charge in [0.15, 0.2) is 5.82 Å². The van der Waals surface area contributed by atoms with Crippen LogP contribution in [0.5, 0.6) is 0 Å². The first-order chi connectivity index (χ1) is 8.56. The SMILES string of the molecule is Nc1cnc(Cl)nc1NCc1cc(Cl)ccc1Cl. The molecule has 2 rings (SSSR count). The average molecular weight is 304 g/mol. The van der Waals surface area contributed by atoms with Crippen molar-refractivity contribution in [2.24, 2.45) is 0 Å². The summed E-state index contributed by atoms with van der Waals surface area (Å²) >= 11 is 17.6. The topological polar surface area (TPSA) is 63.8 Å². The Balaban J connectivity index is 2.16. The third kappa shape index (κ3) is 3.16. The fourth-order valence-corrected chi connectivity index (χ4v) is 1.88. The standard InChI is InChI=1S/C11H9Cl3N4/c12-7-1-2-8(13)6(3-7)4-16-10-9(15)5-17-11(14)18-10/h1-3,5H,4,15H2,(H,16,17,18). The van der Waals surface area contributed by atoms with Gasteiger partial charge in [0.25, 0.3) is 0 Å². The van der Waals surface area contributed by atoms with E-state index < -0.39 is 0 Å². The van der Waals surface area contributed by atoms with Crippen molar-refractivity contribution < 1.29 is 0 Å². The molecule has 0 radical (unpaired) electrons. The van der Waals surface area contributed by atoms with Gasteiger partial charge in [-0.25, -0.2) is 4.98 Å². The van der Waals surface area contributed by atoms with Crippen molar-refractivity contribution in [3.05, 3.63) is 45.3 Å². The van der Waals surface area contributed by atoms with Crippen molar-refractivity contribution in [3.8, 4) is 0 Å². The molecule has 0 aliphatic rings. The molecule has 0 spiro atoms. The van der Waals surface area contributed by atoms with Gasteiger partial charge in [-0.2, -0.15) is 4.98 Å². The van der Waals surface area contributed by atoms with Crippen molar-refractivity contribution in [1.82, 2.24) is 9.97 Å². The van der Waals surface area contributed by atoms with E-state index in [0.29, 0.717) is 28.1 Å². The molecule has 0 unspecified atom stereocenters. The van der Waals surface area contributed by atoms with Gasteiger partial charge in [0, 0.05) is 16.6 Å². The van der Waals surface area contributed by atoms with Gasteiger partial charge >= 0.3 is 0 Å². The summed E-state index contributed by atoms with van der Waals surface area (Å²) in [5.74, 6) is 0.464. The zero-order valence-electron chi connectivity index (χ0n) is 9.12. The lowest BCUT2D eigenvalue weighted by molar-refractivity contribution is 1.08. The number of nitrogens with one attached hydrogen (secondary N) is 1. The van der Waals surface area contributed by atoms with Crippen molar-refractivity contribution in [1.29, 1.82) is 0 Å². The summed E-state index contributed by atoms with van der Waals surface area (Å²) in [5.41, 5.74) is 6.98. The van der Waals surface area contributed by atoms with Gasteiger partial charge in [0.1, 0.15) is 0 Å². The molecule has 3 N–H and O–H groups in total. The van der Waals surface area contributed by atoms with E-state index in [1.54, 1.807) is 18.2 Å². The number of rotatable bonds is 3. The molecule has 94 valence electrons. The third-order valence-electron chi connectivity index (χ3n) is 2.24. The van der Waals surface area contributed by atoms with Crippen LogP contribution in [-0.4, -0.2) is 9.97 Å². The minimum absolute atomic E-state index is 0.129. The monoisotopic (exact) mass is 302 g/mol. The minimum atomic E-state index is 0.129. The molecule has 0 bridgehead atoms. The van der Waals surface area contributed by atoms with Crippen molar-refractivity contribution >= 4 is 46.3 Å². The van der Waals surface area contributed by atoms with Crippen molar-refractivity contribution in [2.45, 2.75) is 6.54 Å². The molecule has 1 heterocycles. The molecule has 0 saturated heterocycles. The van der Waals surface area contributed by atoms with Crippen LogP contribution in [-0.2, 0) is 6.54 Å². The van der Waals surface area contributed by atoms with E-state index in [2.05, 4.69) is 15.3 Å². The summed E-state index contributed by atoms with van der Waals surface area (Å²) < 4.78 is 0. The van der Waals surface area contributed by atoms with E-state index in [0.717, 1.165) is 5.56 Å². The predicted molar refractivity (Wildman–Crippen MR) is 75.2 cm³/mol. The number of anilines is 2. The van der Waals surface area contributed by atoms with E-state index in [-0.39, 0.29) is 5.28 Å². The molecule has 1 aromatic heterocycles. The van der Waals surface area contributed by atoms with Gasteiger partial charge < -0.3 is 11.1 Å². The fraction of sp³-hybridized carbons (Fsp3) is 0.0909. The quantitative estimate of drug-likeness (QED) is 0.850. The average Bonchev–Trinajstić information content (AvgIpc) is 2.34. The fourth-order valence-electron chi connectivity index (χ4n) is 1.37. The van der Waals surface area contributed by atoms with Crippen LogP contribution in [0.2, 0.25) is 15.3 Å². The second-order valence-corrected chi connectivity index (χ2v) is 4.71. The number of hydrogen-bond acceptors (Lipinski definition) is 4. The third-order valence-corrected chi connectivity index (χ3v) is 3.03. The van der Waals surface area contributed by atoms with Crippen LogP contribution in [0.4, 0.5) is 11.5 Å². The number of hydrogen-bond donors (Lipinski definition) is 2. The summed E-state index contributed by atoms with van der Waals surface area (Å²) in [6, 6.07) is 5.23. The van der Waals surface area contributed by atoms with Gasteiger partial charge in [-0.3, -0.25) is 0 Å². The predicted octanol–water partition coefficient (Wildman–Crippen LogP) is 3.63. The molecular weight excluding hydrogens is 295 g/mol. The molecule has 0 aliphatic heterocycles. The van der Waals surface area contributed by atoms with Gasteiger partial charge in [0.05, 0.1) is 11.9 Å². The molecule has 2 aromatic rings. The van der Waals surface area contributed by atoms with Crippen molar-refractivity contribution in [3.63, 3.8) is 0 Å². The van der Waals surface area contributed by atoms with E-state index in [1.165, 1.54) is 6.20 Å². The van der Waals surface area contributed by atoms with Crippen LogP contribution in [0.15, 0.2) is 24.4 Å². The number of aromatic nitrogens is 2. The molecule has 0 atom stereocenters. The lowest BCUT2D eigenvalue weighted by Crippen LogP contribution is -2.06. The van der Waals surface area contributed by atoms with E-state index in [9.17, 15) is 0 Å². The Kier molecular flexibility index (Phi) is 4.11. The van der Waals surface area contributed by atoms with Crippen LogP contribution in [0.25, 0.3) is 0 Å². The molecule has 7 heteroatoms. The van der Waals surface area contributed by atoms with Crippen LogP contribution in [0.1, 0.15) is 5.56 Å². The van der Waals surface area contributed by atoms with E-state index in [1.807, 2.05) is 0 Å². The Hall–Kier alpha value is -1.23. The molecule has 4 nitrogen and oxygen atoms in total. The van der Waals surface area contributed by atoms with Crippen molar-refractivity contribution in [2.75, 3.05) is 11.1 Å². The largest absolute Gasteiger partial charge is 0.394 e. The van der Waals surface area contributed by atoms with E-state index >= 15 is 0 Å². The van der Waals surface area contributed by atoms with E-state index in [4.69, 9.17) is 40.5 Å². The van der Waals surface area contributed by atoms with Crippen LogP contribution in [0.3, 0.4) is 0 Å². The molecule has 0 saturated carbocycles. The lowest BCUT2D eigenvalue weighted by Gasteiger charge is -2.09. The molecule has 1 aromatic carbocycles. The zero-order chi connectivity index (χ0) is 13.1. The number of nitrogen functional groups attached to an aromatic ring is 1. The highest BCUT2D eigenvalue weighted by Gasteiger charge is 2.05. The maximum Gasteiger partial charge on any atom is 0.224 e. The summed E-state index contributed by atoms with van der Waals surface area (Å²) in [5, 5.41) is 4.40. The summed E-state index contributed by atoms with van der Waals surface area (Å²) in [7, 11) is 0. The Morgan fingerprint density at radius 3 is 2.78 bits per heavy atom. The zero-order valence-corrected chi connectivity index (χ0v) is 11.4. The highest BCUT2D eigenvalue weighted by atomic mass is 35.5.